The molecule has 1 unspecified atom stereocenters. The summed E-state index contributed by atoms with van der Waals surface area (Å²) in [6.45, 7) is 4.01. The van der Waals surface area contributed by atoms with Crippen LogP contribution in [0.3, 0.4) is 0 Å². The molecule has 1 fully saturated rings. The lowest BCUT2D eigenvalue weighted by Crippen LogP contribution is -2.54. The Morgan fingerprint density at radius 1 is 1.25 bits per heavy atom. The first-order chi connectivity index (χ1) is 13.1. The number of nitrogens with zero attached hydrogens (tertiary/aromatic N) is 3. The van der Waals surface area contributed by atoms with Gasteiger partial charge in [0.1, 0.15) is 15.9 Å². The van der Waals surface area contributed by atoms with Gasteiger partial charge in [-0.25, -0.2) is 8.42 Å². The van der Waals surface area contributed by atoms with Crippen molar-refractivity contribution in [3.8, 4) is 0 Å². The number of carbonyl (C=O) groups is 2. The molecule has 0 aromatic heterocycles. The number of amides is 2. The molecule has 0 saturated carbocycles. The van der Waals surface area contributed by atoms with E-state index >= 15 is 0 Å². The Bertz CT molecular complexity index is 849. The number of carbonyl (C=O) groups excluding carboxylic acids is 2. The Morgan fingerprint density at radius 3 is 2.46 bits per heavy atom. The minimum atomic E-state index is -3.03. The number of benzene rings is 1. The zero-order valence-corrected chi connectivity index (χ0v) is 16.6. The lowest BCUT2D eigenvalue weighted by atomic mass is 10.1. The fourth-order valence-corrected chi connectivity index (χ4v) is 3.45. The van der Waals surface area contributed by atoms with Crippen LogP contribution in [0.15, 0.2) is 24.3 Å². The van der Waals surface area contributed by atoms with Crippen LogP contribution in [-0.2, 0) is 14.6 Å². The van der Waals surface area contributed by atoms with Crippen molar-refractivity contribution in [1.29, 1.82) is 0 Å². The van der Waals surface area contributed by atoms with E-state index in [1.54, 1.807) is 11.8 Å². The third kappa shape index (κ3) is 6.27. The maximum Gasteiger partial charge on any atom is 0.270 e. The van der Waals surface area contributed by atoms with Crippen molar-refractivity contribution in [3.63, 3.8) is 0 Å². The molecule has 1 aliphatic rings. The molecular formula is C17H24N4O6S. The van der Waals surface area contributed by atoms with Gasteiger partial charge in [0, 0.05) is 56.7 Å². The van der Waals surface area contributed by atoms with Gasteiger partial charge in [0.25, 0.3) is 11.6 Å². The van der Waals surface area contributed by atoms with Gasteiger partial charge in [-0.05, 0) is 13.0 Å². The summed E-state index contributed by atoms with van der Waals surface area (Å²) >= 11 is 0. The summed E-state index contributed by atoms with van der Waals surface area (Å²) in [7, 11) is -3.03. The number of nitro benzene ring substituents is 1. The molecule has 11 heteroatoms. The normalized spacial score (nSPS) is 16.4. The SMILES string of the molecule is CC(NC(=O)c1cccc([N+](=O)[O-])c1)C(=O)N1CCN(CCS(C)(=O)=O)CC1. The van der Waals surface area contributed by atoms with Gasteiger partial charge in [-0.2, -0.15) is 0 Å². The van der Waals surface area contributed by atoms with Gasteiger partial charge >= 0.3 is 0 Å². The minimum Gasteiger partial charge on any atom is -0.341 e. The highest BCUT2D eigenvalue weighted by Gasteiger charge is 2.26. The van der Waals surface area contributed by atoms with Crippen LogP contribution in [0, 0.1) is 10.1 Å². The van der Waals surface area contributed by atoms with Gasteiger partial charge in [0.05, 0.1) is 10.7 Å². The summed E-state index contributed by atoms with van der Waals surface area (Å²) in [5.41, 5.74) is -0.0868. The van der Waals surface area contributed by atoms with Gasteiger partial charge in [-0.1, -0.05) is 6.07 Å². The Balaban J connectivity index is 1.87. The second-order valence-corrected chi connectivity index (χ2v) is 9.06. The summed E-state index contributed by atoms with van der Waals surface area (Å²) in [6, 6.07) is 4.52. The third-order valence-corrected chi connectivity index (χ3v) is 5.42. The fourth-order valence-electron chi connectivity index (χ4n) is 2.86. The van der Waals surface area contributed by atoms with Gasteiger partial charge in [0.2, 0.25) is 5.91 Å². The number of nitrogens with one attached hydrogen (secondary N) is 1. The quantitative estimate of drug-likeness (QED) is 0.489. The standard InChI is InChI=1S/C17H24N4O6S/c1-13(18-16(22)14-4-3-5-15(12-14)21(24)25)17(23)20-8-6-19(7-9-20)10-11-28(2,26)27/h3-5,12-13H,6-11H2,1-2H3,(H,18,22). The Kier molecular flexibility index (Phi) is 7.08. The molecule has 2 rings (SSSR count). The summed E-state index contributed by atoms with van der Waals surface area (Å²) in [5.74, 6) is -0.728. The zero-order valence-electron chi connectivity index (χ0n) is 15.8. The summed E-state index contributed by atoms with van der Waals surface area (Å²) in [6.07, 6.45) is 1.19. The van der Waals surface area contributed by atoms with Crippen LogP contribution in [0.25, 0.3) is 0 Å². The number of rotatable bonds is 7. The number of nitro groups is 1. The molecule has 154 valence electrons. The van der Waals surface area contributed by atoms with Gasteiger partial charge < -0.3 is 10.2 Å². The number of hydrogen-bond donors (Lipinski definition) is 1. The average Bonchev–Trinajstić information content (AvgIpc) is 2.65. The highest BCUT2D eigenvalue weighted by molar-refractivity contribution is 7.90. The van der Waals surface area contributed by atoms with Crippen LogP contribution in [0.5, 0.6) is 0 Å². The van der Waals surface area contributed by atoms with Crippen molar-refractivity contribution in [2.45, 2.75) is 13.0 Å². The van der Waals surface area contributed by atoms with E-state index in [1.165, 1.54) is 24.5 Å². The van der Waals surface area contributed by atoms with Crippen molar-refractivity contribution in [2.75, 3.05) is 44.7 Å². The maximum atomic E-state index is 12.6. The van der Waals surface area contributed by atoms with Crippen molar-refractivity contribution in [2.24, 2.45) is 0 Å². The van der Waals surface area contributed by atoms with E-state index < -0.39 is 26.7 Å². The Labute approximate surface area is 163 Å². The lowest BCUT2D eigenvalue weighted by Gasteiger charge is -2.35. The van der Waals surface area contributed by atoms with Crippen LogP contribution in [0.4, 0.5) is 5.69 Å². The third-order valence-electron chi connectivity index (χ3n) is 4.50. The monoisotopic (exact) mass is 412 g/mol. The van der Waals surface area contributed by atoms with E-state index in [2.05, 4.69) is 5.32 Å². The molecule has 28 heavy (non-hydrogen) atoms. The molecular weight excluding hydrogens is 388 g/mol. The van der Waals surface area contributed by atoms with Crippen LogP contribution >= 0.6 is 0 Å². The lowest BCUT2D eigenvalue weighted by molar-refractivity contribution is -0.384. The number of non-ortho nitro benzene ring substituents is 1. The first-order valence-electron chi connectivity index (χ1n) is 8.81. The molecule has 1 aromatic rings. The zero-order chi connectivity index (χ0) is 20.9. The second kappa shape index (κ2) is 9.11. The van der Waals surface area contributed by atoms with E-state index in [-0.39, 0.29) is 22.9 Å². The molecule has 2 amide bonds. The molecule has 0 aliphatic carbocycles. The van der Waals surface area contributed by atoms with Gasteiger partial charge in [0.15, 0.2) is 0 Å². The topological polar surface area (TPSA) is 130 Å². The fraction of sp³-hybridized carbons (Fsp3) is 0.529. The van der Waals surface area contributed by atoms with Gasteiger partial charge in [-0.3, -0.25) is 24.6 Å². The summed E-state index contributed by atoms with van der Waals surface area (Å²) < 4.78 is 22.5. The van der Waals surface area contributed by atoms with E-state index in [1.807, 2.05) is 4.90 Å². The van der Waals surface area contributed by atoms with Crippen LogP contribution in [0.1, 0.15) is 17.3 Å². The molecule has 1 N–H and O–H groups in total. The average molecular weight is 412 g/mol. The Hall–Kier alpha value is -2.53. The predicted octanol–water partition coefficient (Wildman–Crippen LogP) is -0.0981. The van der Waals surface area contributed by atoms with Crippen molar-refractivity contribution >= 4 is 27.3 Å². The van der Waals surface area contributed by atoms with Crippen molar-refractivity contribution < 1.29 is 22.9 Å². The largest absolute Gasteiger partial charge is 0.341 e. The predicted molar refractivity (Wildman–Crippen MR) is 103 cm³/mol. The number of sulfone groups is 1. The minimum absolute atomic E-state index is 0.0800. The van der Waals surface area contributed by atoms with Crippen molar-refractivity contribution in [3.05, 3.63) is 39.9 Å². The number of hydrogen-bond acceptors (Lipinski definition) is 7. The number of piperazine rings is 1. The second-order valence-electron chi connectivity index (χ2n) is 6.80. The molecule has 1 atom stereocenters. The highest BCUT2D eigenvalue weighted by Crippen LogP contribution is 2.13. The van der Waals surface area contributed by atoms with Crippen molar-refractivity contribution in [1.82, 2.24) is 15.1 Å². The molecule has 1 aliphatic heterocycles. The van der Waals surface area contributed by atoms with E-state index in [4.69, 9.17) is 0 Å². The van der Waals surface area contributed by atoms with E-state index in [0.717, 1.165) is 6.07 Å². The van der Waals surface area contributed by atoms with Crippen LogP contribution in [-0.4, -0.2) is 85.7 Å². The molecule has 1 heterocycles. The van der Waals surface area contributed by atoms with Crippen LogP contribution in [0.2, 0.25) is 0 Å². The Morgan fingerprint density at radius 2 is 1.89 bits per heavy atom. The highest BCUT2D eigenvalue weighted by atomic mass is 32.2. The van der Waals surface area contributed by atoms with Crippen LogP contribution < -0.4 is 5.32 Å². The smallest absolute Gasteiger partial charge is 0.270 e. The summed E-state index contributed by atoms with van der Waals surface area (Å²) in [4.78, 5) is 38.7. The van der Waals surface area contributed by atoms with Gasteiger partial charge in [-0.15, -0.1) is 0 Å². The maximum absolute atomic E-state index is 12.6. The first kappa shape index (κ1) is 21.8. The molecule has 0 radical (unpaired) electrons. The van der Waals surface area contributed by atoms with E-state index in [9.17, 15) is 28.1 Å². The molecule has 1 aromatic carbocycles. The van der Waals surface area contributed by atoms with E-state index in [0.29, 0.717) is 32.7 Å². The molecule has 0 bridgehead atoms. The summed E-state index contributed by atoms with van der Waals surface area (Å²) in [5, 5.41) is 13.4. The molecule has 10 nitrogen and oxygen atoms in total. The molecule has 0 spiro atoms. The molecule has 1 saturated heterocycles. The first-order valence-corrected chi connectivity index (χ1v) is 10.9.